The minimum atomic E-state index is 0. The summed E-state index contributed by atoms with van der Waals surface area (Å²) in [5.74, 6) is 1.01. The third kappa shape index (κ3) is 3.11. The van der Waals surface area contributed by atoms with Crippen molar-refractivity contribution >= 4 is 12.4 Å². The monoisotopic (exact) mass is 227 g/mol. The minimum absolute atomic E-state index is 0. The molecule has 0 fully saturated rings. The lowest BCUT2D eigenvalue weighted by Crippen LogP contribution is -2.23. The Morgan fingerprint density at radius 3 is 3.00 bits per heavy atom. The topological polar surface area (TPSA) is 21.3 Å². The zero-order valence-electron chi connectivity index (χ0n) is 9.08. The Hall–Kier alpha value is -0.730. The molecule has 1 aliphatic heterocycles. The van der Waals surface area contributed by atoms with E-state index in [1.165, 1.54) is 11.1 Å². The van der Waals surface area contributed by atoms with E-state index in [4.69, 9.17) is 4.74 Å². The maximum atomic E-state index is 5.59. The quantitative estimate of drug-likeness (QED) is 0.857. The Labute approximate surface area is 97.4 Å². The van der Waals surface area contributed by atoms with Gasteiger partial charge in [-0.05, 0) is 42.6 Å². The number of hydrogen-bond donors (Lipinski definition) is 1. The second kappa shape index (κ2) is 5.99. The summed E-state index contributed by atoms with van der Waals surface area (Å²) in [6.45, 7) is 5.02. The van der Waals surface area contributed by atoms with Gasteiger partial charge in [0.25, 0.3) is 0 Å². The van der Waals surface area contributed by atoms with Gasteiger partial charge in [0.05, 0.1) is 6.61 Å². The number of hydrogen-bond acceptors (Lipinski definition) is 2. The predicted octanol–water partition coefficient (Wildman–Crippen LogP) is 2.54. The predicted molar refractivity (Wildman–Crippen MR) is 64.9 cm³/mol. The number of nitrogens with one attached hydrogen (secondary N) is 1. The maximum absolute atomic E-state index is 5.59. The second-order valence-corrected chi connectivity index (χ2v) is 3.71. The summed E-state index contributed by atoms with van der Waals surface area (Å²) in [7, 11) is 0. The van der Waals surface area contributed by atoms with Crippen molar-refractivity contribution in [1.82, 2.24) is 5.32 Å². The molecule has 1 aromatic carbocycles. The SMILES string of the molecule is CCCOc1ccc2c(c1)CNCC2.Cl. The highest BCUT2D eigenvalue weighted by atomic mass is 35.5. The van der Waals surface area contributed by atoms with Gasteiger partial charge in [0.1, 0.15) is 5.75 Å². The van der Waals surface area contributed by atoms with E-state index < -0.39 is 0 Å². The molecule has 0 radical (unpaired) electrons. The van der Waals surface area contributed by atoms with Gasteiger partial charge in [0.15, 0.2) is 0 Å². The largest absolute Gasteiger partial charge is 0.494 e. The molecule has 0 saturated heterocycles. The lowest BCUT2D eigenvalue weighted by Gasteiger charge is -2.17. The van der Waals surface area contributed by atoms with Crippen LogP contribution in [0.1, 0.15) is 24.5 Å². The van der Waals surface area contributed by atoms with E-state index >= 15 is 0 Å². The molecule has 0 spiro atoms. The van der Waals surface area contributed by atoms with Gasteiger partial charge in [-0.25, -0.2) is 0 Å². The molecule has 2 rings (SSSR count). The van der Waals surface area contributed by atoms with E-state index in [0.717, 1.165) is 38.3 Å². The summed E-state index contributed by atoms with van der Waals surface area (Å²) in [5.41, 5.74) is 2.86. The van der Waals surface area contributed by atoms with Crippen LogP contribution in [0.3, 0.4) is 0 Å². The number of rotatable bonds is 3. The molecule has 1 aromatic rings. The molecular weight excluding hydrogens is 210 g/mol. The normalized spacial score (nSPS) is 13.9. The Bertz CT molecular complexity index is 314. The molecule has 0 aliphatic carbocycles. The van der Waals surface area contributed by atoms with Crippen molar-refractivity contribution in [3.8, 4) is 5.75 Å². The fourth-order valence-electron chi connectivity index (χ4n) is 1.77. The molecule has 1 heterocycles. The van der Waals surface area contributed by atoms with Crippen LogP contribution < -0.4 is 10.1 Å². The van der Waals surface area contributed by atoms with Crippen LogP contribution in [0.2, 0.25) is 0 Å². The van der Waals surface area contributed by atoms with Crippen LogP contribution in [0.5, 0.6) is 5.75 Å². The third-order valence-electron chi connectivity index (χ3n) is 2.54. The number of ether oxygens (including phenoxy) is 1. The van der Waals surface area contributed by atoms with Crippen molar-refractivity contribution < 1.29 is 4.74 Å². The summed E-state index contributed by atoms with van der Waals surface area (Å²) >= 11 is 0. The zero-order chi connectivity index (χ0) is 9.80. The van der Waals surface area contributed by atoms with E-state index in [9.17, 15) is 0 Å². The molecule has 2 nitrogen and oxygen atoms in total. The van der Waals surface area contributed by atoms with Gasteiger partial charge in [0, 0.05) is 6.54 Å². The van der Waals surface area contributed by atoms with Crippen molar-refractivity contribution in [3.05, 3.63) is 29.3 Å². The van der Waals surface area contributed by atoms with E-state index in [1.54, 1.807) is 0 Å². The van der Waals surface area contributed by atoms with Crippen LogP contribution in [-0.2, 0) is 13.0 Å². The summed E-state index contributed by atoms with van der Waals surface area (Å²) in [4.78, 5) is 0. The molecule has 0 saturated carbocycles. The lowest BCUT2D eigenvalue weighted by atomic mass is 10.0. The van der Waals surface area contributed by atoms with E-state index in [0.29, 0.717) is 0 Å². The highest BCUT2D eigenvalue weighted by molar-refractivity contribution is 5.85. The van der Waals surface area contributed by atoms with Gasteiger partial charge >= 0.3 is 0 Å². The van der Waals surface area contributed by atoms with Crippen LogP contribution in [0, 0.1) is 0 Å². The fourth-order valence-corrected chi connectivity index (χ4v) is 1.77. The first-order valence-electron chi connectivity index (χ1n) is 5.35. The Morgan fingerprint density at radius 1 is 1.33 bits per heavy atom. The van der Waals surface area contributed by atoms with Crippen molar-refractivity contribution in [2.45, 2.75) is 26.3 Å². The Balaban J connectivity index is 0.00000112. The first-order valence-corrected chi connectivity index (χ1v) is 5.35. The zero-order valence-corrected chi connectivity index (χ0v) is 9.90. The molecule has 15 heavy (non-hydrogen) atoms. The second-order valence-electron chi connectivity index (χ2n) is 3.71. The highest BCUT2D eigenvalue weighted by Gasteiger charge is 2.08. The molecule has 0 aromatic heterocycles. The van der Waals surface area contributed by atoms with Crippen LogP contribution in [0.15, 0.2) is 18.2 Å². The number of fused-ring (bicyclic) bond motifs is 1. The Morgan fingerprint density at radius 2 is 2.20 bits per heavy atom. The minimum Gasteiger partial charge on any atom is -0.494 e. The molecule has 0 bridgehead atoms. The van der Waals surface area contributed by atoms with Crippen LogP contribution in [0.25, 0.3) is 0 Å². The summed E-state index contributed by atoms with van der Waals surface area (Å²) < 4.78 is 5.59. The van der Waals surface area contributed by atoms with Crippen molar-refractivity contribution in [2.24, 2.45) is 0 Å². The van der Waals surface area contributed by atoms with Crippen molar-refractivity contribution in [3.63, 3.8) is 0 Å². The summed E-state index contributed by atoms with van der Waals surface area (Å²) in [6, 6.07) is 6.44. The maximum Gasteiger partial charge on any atom is 0.119 e. The van der Waals surface area contributed by atoms with Crippen LogP contribution >= 0.6 is 12.4 Å². The van der Waals surface area contributed by atoms with Gasteiger partial charge < -0.3 is 10.1 Å². The van der Waals surface area contributed by atoms with Crippen molar-refractivity contribution in [1.29, 1.82) is 0 Å². The van der Waals surface area contributed by atoms with Crippen LogP contribution in [0.4, 0.5) is 0 Å². The van der Waals surface area contributed by atoms with Crippen LogP contribution in [-0.4, -0.2) is 13.2 Å². The molecule has 0 atom stereocenters. The highest BCUT2D eigenvalue weighted by Crippen LogP contribution is 2.20. The Kier molecular flexibility index (Phi) is 4.92. The summed E-state index contributed by atoms with van der Waals surface area (Å²) in [5, 5.41) is 3.37. The molecule has 1 N–H and O–H groups in total. The first-order chi connectivity index (χ1) is 6.90. The third-order valence-corrected chi connectivity index (χ3v) is 2.54. The molecule has 0 unspecified atom stereocenters. The number of benzene rings is 1. The van der Waals surface area contributed by atoms with Gasteiger partial charge in [-0.1, -0.05) is 13.0 Å². The van der Waals surface area contributed by atoms with E-state index in [-0.39, 0.29) is 12.4 Å². The molecule has 0 amide bonds. The standard InChI is InChI=1S/C12H17NO.ClH/c1-2-7-14-12-4-3-10-5-6-13-9-11(10)8-12;/h3-4,8,13H,2,5-7,9H2,1H3;1H. The first kappa shape index (κ1) is 12.3. The number of halogens is 1. The average Bonchev–Trinajstić information content (AvgIpc) is 2.26. The molecule has 1 aliphatic rings. The van der Waals surface area contributed by atoms with E-state index in [1.807, 2.05) is 0 Å². The van der Waals surface area contributed by atoms with Crippen molar-refractivity contribution in [2.75, 3.05) is 13.2 Å². The smallest absolute Gasteiger partial charge is 0.119 e. The van der Waals surface area contributed by atoms with Gasteiger partial charge in [-0.3, -0.25) is 0 Å². The molecule has 3 heteroatoms. The van der Waals surface area contributed by atoms with Gasteiger partial charge in [0.2, 0.25) is 0 Å². The van der Waals surface area contributed by atoms with Gasteiger partial charge in [-0.15, -0.1) is 12.4 Å². The lowest BCUT2D eigenvalue weighted by molar-refractivity contribution is 0.317. The van der Waals surface area contributed by atoms with Gasteiger partial charge in [-0.2, -0.15) is 0 Å². The molecular formula is C12H18ClNO. The summed E-state index contributed by atoms with van der Waals surface area (Å²) in [6.07, 6.45) is 2.21. The van der Waals surface area contributed by atoms with E-state index in [2.05, 4.69) is 30.4 Å². The fraction of sp³-hybridized carbons (Fsp3) is 0.500. The molecule has 84 valence electrons. The average molecular weight is 228 g/mol.